The third-order valence-electron chi connectivity index (χ3n) is 3.80. The Morgan fingerprint density at radius 1 is 1.40 bits per heavy atom. The molecule has 4 rings (SSSR count). The lowest BCUT2D eigenvalue weighted by atomic mass is 9.99. The van der Waals surface area contributed by atoms with Crippen molar-refractivity contribution < 1.29 is 0 Å². The summed E-state index contributed by atoms with van der Waals surface area (Å²) in [6.45, 7) is 2.06. The van der Waals surface area contributed by atoms with E-state index in [1.54, 1.807) is 16.9 Å². The molecule has 7 heteroatoms. The van der Waals surface area contributed by atoms with Crippen LogP contribution in [0.3, 0.4) is 0 Å². The zero-order chi connectivity index (χ0) is 13.7. The van der Waals surface area contributed by atoms with Crippen LogP contribution < -0.4 is 5.73 Å². The average molecular weight is 286 g/mol. The number of hydrogen-bond acceptors (Lipinski definition) is 6. The summed E-state index contributed by atoms with van der Waals surface area (Å²) in [5.74, 6) is 1.25. The second kappa shape index (κ2) is 4.07. The standard InChI is InChI=1S/C13H14N6S/c1-13(14,9-4-5-9)11-18-19-10(16-17-12(19)20-11)8-3-2-6-15-7-8/h2-3,6-7,9H,4-5,14H2,1H3. The molecule has 0 bridgehead atoms. The molecule has 6 nitrogen and oxygen atoms in total. The molecule has 20 heavy (non-hydrogen) atoms. The van der Waals surface area contributed by atoms with Crippen molar-refractivity contribution in [3.63, 3.8) is 0 Å². The summed E-state index contributed by atoms with van der Waals surface area (Å²) in [4.78, 5) is 4.89. The van der Waals surface area contributed by atoms with E-state index >= 15 is 0 Å². The van der Waals surface area contributed by atoms with Crippen molar-refractivity contribution in [2.45, 2.75) is 25.3 Å². The first-order valence-corrected chi connectivity index (χ1v) is 7.40. The maximum absolute atomic E-state index is 6.43. The van der Waals surface area contributed by atoms with Crippen molar-refractivity contribution >= 4 is 16.3 Å². The summed E-state index contributed by atoms with van der Waals surface area (Å²) >= 11 is 1.52. The van der Waals surface area contributed by atoms with Crippen molar-refractivity contribution in [1.29, 1.82) is 0 Å². The van der Waals surface area contributed by atoms with Gasteiger partial charge in [-0.1, -0.05) is 11.3 Å². The van der Waals surface area contributed by atoms with Gasteiger partial charge in [-0.3, -0.25) is 4.98 Å². The maximum atomic E-state index is 6.43. The third-order valence-corrected chi connectivity index (χ3v) is 4.95. The molecule has 1 saturated carbocycles. The van der Waals surface area contributed by atoms with Gasteiger partial charge in [0.1, 0.15) is 5.01 Å². The summed E-state index contributed by atoms with van der Waals surface area (Å²) in [6, 6.07) is 3.83. The van der Waals surface area contributed by atoms with Crippen LogP contribution in [0.15, 0.2) is 24.5 Å². The molecule has 0 aromatic carbocycles. The van der Waals surface area contributed by atoms with Crippen molar-refractivity contribution in [2.24, 2.45) is 11.7 Å². The summed E-state index contributed by atoms with van der Waals surface area (Å²) in [7, 11) is 0. The summed E-state index contributed by atoms with van der Waals surface area (Å²) in [5.41, 5.74) is 6.97. The molecule has 1 fully saturated rings. The van der Waals surface area contributed by atoms with Gasteiger partial charge in [0.15, 0.2) is 5.82 Å². The number of aromatic nitrogens is 5. The van der Waals surface area contributed by atoms with Crippen molar-refractivity contribution in [2.75, 3.05) is 0 Å². The number of nitrogens with zero attached hydrogens (tertiary/aromatic N) is 5. The van der Waals surface area contributed by atoms with Crippen LogP contribution in [0.4, 0.5) is 0 Å². The van der Waals surface area contributed by atoms with Gasteiger partial charge in [0.2, 0.25) is 4.96 Å². The van der Waals surface area contributed by atoms with Gasteiger partial charge in [-0.2, -0.15) is 9.61 Å². The molecule has 0 saturated heterocycles. The highest BCUT2D eigenvalue weighted by Gasteiger charge is 2.42. The number of rotatable bonds is 3. The lowest BCUT2D eigenvalue weighted by Crippen LogP contribution is -2.35. The average Bonchev–Trinajstić information content (AvgIpc) is 3.11. The first-order chi connectivity index (χ1) is 9.66. The molecule has 102 valence electrons. The van der Waals surface area contributed by atoms with Crippen LogP contribution >= 0.6 is 11.3 Å². The maximum Gasteiger partial charge on any atom is 0.235 e. The summed E-state index contributed by atoms with van der Waals surface area (Å²) < 4.78 is 1.77. The Bertz CT molecular complexity index is 756. The first-order valence-electron chi connectivity index (χ1n) is 6.58. The summed E-state index contributed by atoms with van der Waals surface area (Å²) in [5, 5.41) is 13.9. The van der Waals surface area contributed by atoms with Crippen LogP contribution in [0.5, 0.6) is 0 Å². The Kier molecular flexibility index (Phi) is 2.42. The topological polar surface area (TPSA) is 82.0 Å². The van der Waals surface area contributed by atoms with Crippen molar-refractivity contribution in [3.05, 3.63) is 29.5 Å². The molecule has 2 N–H and O–H groups in total. The van der Waals surface area contributed by atoms with Crippen LogP contribution in [0, 0.1) is 5.92 Å². The van der Waals surface area contributed by atoms with Gasteiger partial charge in [-0.15, -0.1) is 10.2 Å². The SMILES string of the molecule is CC(N)(c1nn2c(-c3cccnc3)nnc2s1)C1CC1. The zero-order valence-corrected chi connectivity index (χ0v) is 11.8. The normalized spacial score (nSPS) is 18.3. The molecule has 1 aliphatic carbocycles. The minimum atomic E-state index is -0.364. The molecular weight excluding hydrogens is 272 g/mol. The van der Waals surface area contributed by atoms with E-state index in [9.17, 15) is 0 Å². The van der Waals surface area contributed by atoms with Crippen molar-refractivity contribution in [3.8, 4) is 11.4 Å². The second-order valence-electron chi connectivity index (χ2n) is 5.42. The van der Waals surface area contributed by atoms with Crippen LogP contribution in [0.25, 0.3) is 16.3 Å². The van der Waals surface area contributed by atoms with E-state index < -0.39 is 0 Å². The van der Waals surface area contributed by atoms with E-state index in [1.165, 1.54) is 24.2 Å². The molecule has 0 spiro atoms. The molecule has 0 aliphatic heterocycles. The van der Waals surface area contributed by atoms with Gasteiger partial charge in [0.25, 0.3) is 0 Å². The van der Waals surface area contributed by atoms with Gasteiger partial charge >= 0.3 is 0 Å². The fourth-order valence-corrected chi connectivity index (χ4v) is 3.34. The summed E-state index contributed by atoms with van der Waals surface area (Å²) in [6.07, 6.45) is 5.86. The predicted molar refractivity (Wildman–Crippen MR) is 76.2 cm³/mol. The van der Waals surface area contributed by atoms with E-state index in [4.69, 9.17) is 5.73 Å². The Morgan fingerprint density at radius 2 is 2.25 bits per heavy atom. The van der Waals surface area contributed by atoms with Crippen molar-refractivity contribution in [1.82, 2.24) is 24.8 Å². The van der Waals surface area contributed by atoms with Crippen LogP contribution in [0.2, 0.25) is 0 Å². The molecule has 3 aromatic rings. The fourth-order valence-electron chi connectivity index (χ4n) is 2.37. The second-order valence-corrected chi connectivity index (χ2v) is 6.38. The lowest BCUT2D eigenvalue weighted by molar-refractivity contribution is 0.420. The molecule has 1 atom stereocenters. The Labute approximate surface area is 119 Å². The van der Waals surface area contributed by atoms with Gasteiger partial charge in [0, 0.05) is 18.0 Å². The molecule has 3 heterocycles. The minimum absolute atomic E-state index is 0.364. The third kappa shape index (κ3) is 1.74. The molecule has 1 unspecified atom stereocenters. The van der Waals surface area contributed by atoms with Gasteiger partial charge in [-0.05, 0) is 37.8 Å². The Balaban J connectivity index is 1.83. The van der Waals surface area contributed by atoms with Gasteiger partial charge < -0.3 is 5.73 Å². The van der Waals surface area contributed by atoms with Gasteiger partial charge in [0.05, 0.1) is 5.54 Å². The highest BCUT2D eigenvalue weighted by Crippen LogP contribution is 2.44. The van der Waals surface area contributed by atoms with Crippen LogP contribution in [-0.4, -0.2) is 24.8 Å². The molecule has 0 amide bonds. The lowest BCUT2D eigenvalue weighted by Gasteiger charge is -2.20. The van der Waals surface area contributed by atoms with E-state index in [-0.39, 0.29) is 5.54 Å². The number of fused-ring (bicyclic) bond motifs is 1. The Morgan fingerprint density at radius 3 is 2.95 bits per heavy atom. The highest BCUT2D eigenvalue weighted by molar-refractivity contribution is 7.16. The molecule has 3 aromatic heterocycles. The van der Waals surface area contributed by atoms with E-state index in [0.717, 1.165) is 15.5 Å². The van der Waals surface area contributed by atoms with E-state index in [0.29, 0.717) is 11.7 Å². The largest absolute Gasteiger partial charge is 0.319 e. The first kappa shape index (κ1) is 11.9. The Hall–Kier alpha value is -1.86. The number of pyridine rings is 1. The molecule has 1 aliphatic rings. The van der Waals surface area contributed by atoms with E-state index in [1.807, 2.05) is 12.1 Å². The number of nitrogens with two attached hydrogens (primary N) is 1. The molecule has 0 radical (unpaired) electrons. The minimum Gasteiger partial charge on any atom is -0.319 e. The molecular formula is C13H14N6S. The predicted octanol–water partition coefficient (Wildman–Crippen LogP) is 1.83. The quantitative estimate of drug-likeness (QED) is 0.794. The van der Waals surface area contributed by atoms with E-state index in [2.05, 4.69) is 27.2 Å². The fraction of sp³-hybridized carbons (Fsp3) is 0.385. The zero-order valence-electron chi connectivity index (χ0n) is 11.0. The van der Waals surface area contributed by atoms with Gasteiger partial charge in [-0.25, -0.2) is 0 Å². The smallest absolute Gasteiger partial charge is 0.235 e. The highest BCUT2D eigenvalue weighted by atomic mass is 32.1. The monoisotopic (exact) mass is 286 g/mol. The number of hydrogen-bond donors (Lipinski definition) is 1. The van der Waals surface area contributed by atoms with Crippen LogP contribution in [-0.2, 0) is 5.54 Å². The van der Waals surface area contributed by atoms with Crippen LogP contribution in [0.1, 0.15) is 24.8 Å².